The zero-order chi connectivity index (χ0) is 25.4. The quantitative estimate of drug-likeness (QED) is 0.410. The Labute approximate surface area is 206 Å². The summed E-state index contributed by atoms with van der Waals surface area (Å²) in [5, 5.41) is 11.5. The van der Waals surface area contributed by atoms with Crippen molar-refractivity contribution in [1.82, 2.24) is 24.1 Å². The van der Waals surface area contributed by atoms with Gasteiger partial charge in [-0.05, 0) is 36.4 Å². The second-order valence-electron chi connectivity index (χ2n) is 8.09. The number of rotatable bonds is 6. The first-order valence-corrected chi connectivity index (χ1v) is 12.5. The minimum atomic E-state index is -3.68. The zero-order valence-electron chi connectivity index (χ0n) is 19.9. The molecule has 1 aliphatic rings. The van der Waals surface area contributed by atoms with Crippen molar-refractivity contribution >= 4 is 43.9 Å². The van der Waals surface area contributed by atoms with Gasteiger partial charge in [0.25, 0.3) is 11.9 Å². The number of morpholine rings is 1. The third-order valence-corrected chi connectivity index (χ3v) is 7.94. The maximum absolute atomic E-state index is 13.1. The number of methoxy groups -OCH3 is 2. The molecule has 188 valence electrons. The summed E-state index contributed by atoms with van der Waals surface area (Å²) in [6.45, 7) is 1.34. The number of nitrogens with one attached hydrogen (secondary N) is 1. The van der Waals surface area contributed by atoms with E-state index in [-0.39, 0.29) is 10.8 Å². The van der Waals surface area contributed by atoms with Crippen molar-refractivity contribution in [3.8, 4) is 11.5 Å². The lowest BCUT2D eigenvalue weighted by molar-refractivity contribution is 0.0730. The van der Waals surface area contributed by atoms with Gasteiger partial charge >= 0.3 is 0 Å². The third kappa shape index (κ3) is 4.10. The number of nitrogens with zero attached hydrogens (tertiary/aromatic N) is 5. The van der Waals surface area contributed by atoms with Crippen LogP contribution < -0.4 is 14.8 Å². The molecular weight excluding hydrogens is 488 g/mol. The smallest absolute Gasteiger partial charge is 0.258 e. The van der Waals surface area contributed by atoms with Gasteiger partial charge in [-0.2, -0.15) is 9.29 Å². The summed E-state index contributed by atoms with van der Waals surface area (Å²) in [5.74, 6) is 0.471. The molecule has 1 N–H and O–H groups in total. The molecular formula is C23H24N6O6S. The number of ether oxygens (including phenoxy) is 3. The average Bonchev–Trinajstić information content (AvgIpc) is 3.19. The van der Waals surface area contributed by atoms with Gasteiger partial charge in [-0.25, -0.2) is 8.42 Å². The number of hydrogen-bond acceptors (Lipinski definition) is 9. The number of carbonyl (C=O) groups excluding carboxylic acids is 1. The van der Waals surface area contributed by atoms with Crippen LogP contribution in [0, 0.1) is 0 Å². The van der Waals surface area contributed by atoms with E-state index in [0.717, 1.165) is 5.52 Å². The van der Waals surface area contributed by atoms with Gasteiger partial charge in [-0.1, -0.05) is 0 Å². The predicted octanol–water partition coefficient (Wildman–Crippen LogP) is 1.81. The predicted molar refractivity (Wildman–Crippen MR) is 131 cm³/mol. The Morgan fingerprint density at radius 3 is 2.50 bits per heavy atom. The Morgan fingerprint density at radius 2 is 1.78 bits per heavy atom. The maximum Gasteiger partial charge on any atom is 0.258 e. The Hall–Kier alpha value is -3.81. The highest BCUT2D eigenvalue weighted by Gasteiger charge is 2.27. The van der Waals surface area contributed by atoms with Gasteiger partial charge in [0.05, 0.1) is 37.8 Å². The van der Waals surface area contributed by atoms with Crippen molar-refractivity contribution < 1.29 is 27.4 Å². The average molecular weight is 513 g/mol. The number of benzene rings is 2. The molecule has 2 aromatic heterocycles. The van der Waals surface area contributed by atoms with E-state index in [1.54, 1.807) is 48.0 Å². The highest BCUT2D eigenvalue weighted by molar-refractivity contribution is 7.89. The summed E-state index contributed by atoms with van der Waals surface area (Å²) in [4.78, 5) is 17.4. The van der Waals surface area contributed by atoms with Crippen molar-refractivity contribution in [2.45, 2.75) is 4.90 Å². The number of fused-ring (bicyclic) bond motifs is 3. The first kappa shape index (κ1) is 23.9. The van der Waals surface area contributed by atoms with E-state index in [1.807, 2.05) is 0 Å². The van der Waals surface area contributed by atoms with Crippen LogP contribution in [-0.2, 0) is 21.8 Å². The first-order chi connectivity index (χ1) is 17.3. The van der Waals surface area contributed by atoms with Gasteiger partial charge in [0.1, 0.15) is 5.52 Å². The van der Waals surface area contributed by atoms with Crippen LogP contribution in [0.5, 0.6) is 11.5 Å². The van der Waals surface area contributed by atoms with Crippen molar-refractivity contribution in [2.24, 2.45) is 7.05 Å². The molecule has 0 saturated carbocycles. The maximum atomic E-state index is 13.1. The Bertz CT molecular complexity index is 1580. The molecule has 1 saturated heterocycles. The molecule has 1 amide bonds. The summed E-state index contributed by atoms with van der Waals surface area (Å²) in [6, 6.07) is 9.64. The van der Waals surface area contributed by atoms with Gasteiger partial charge in [-0.15, -0.1) is 10.2 Å². The number of anilines is 1. The molecule has 13 heteroatoms. The van der Waals surface area contributed by atoms with Crippen molar-refractivity contribution in [3.63, 3.8) is 0 Å². The van der Waals surface area contributed by atoms with Gasteiger partial charge in [0, 0.05) is 31.1 Å². The van der Waals surface area contributed by atoms with Gasteiger partial charge in [0.15, 0.2) is 17.1 Å². The molecule has 4 aromatic rings. The summed E-state index contributed by atoms with van der Waals surface area (Å²) < 4.78 is 45.1. The largest absolute Gasteiger partial charge is 0.493 e. The lowest BCUT2D eigenvalue weighted by Gasteiger charge is -2.26. The topological polar surface area (TPSA) is 138 Å². The van der Waals surface area contributed by atoms with Crippen molar-refractivity contribution in [2.75, 3.05) is 45.8 Å². The monoisotopic (exact) mass is 512 g/mol. The van der Waals surface area contributed by atoms with Crippen LogP contribution in [0.4, 0.5) is 5.95 Å². The minimum Gasteiger partial charge on any atom is -0.493 e. The SMILES string of the molecule is COc1ccc(C(=O)Nc2nnc3c4cc(S(=O)(=O)N5CCOCC5)ccc4n(C)c3n2)cc1OC. The summed E-state index contributed by atoms with van der Waals surface area (Å²) in [7, 11) is 1.10. The van der Waals surface area contributed by atoms with Gasteiger partial charge < -0.3 is 18.8 Å². The van der Waals surface area contributed by atoms with Gasteiger partial charge in [0.2, 0.25) is 10.0 Å². The van der Waals surface area contributed by atoms with Crippen LogP contribution in [-0.4, -0.2) is 78.9 Å². The third-order valence-electron chi connectivity index (χ3n) is 6.05. The fourth-order valence-electron chi connectivity index (χ4n) is 4.14. The highest BCUT2D eigenvalue weighted by Crippen LogP contribution is 2.30. The lowest BCUT2D eigenvalue weighted by Crippen LogP contribution is -2.40. The Morgan fingerprint density at radius 1 is 1.03 bits per heavy atom. The van der Waals surface area contributed by atoms with Crippen LogP contribution in [0.25, 0.3) is 22.1 Å². The van der Waals surface area contributed by atoms with E-state index in [9.17, 15) is 13.2 Å². The summed E-state index contributed by atoms with van der Waals surface area (Å²) >= 11 is 0. The second-order valence-corrected chi connectivity index (χ2v) is 10.0. The standard InChI is InChI=1S/C23H24N6O6S/c1-28-17-6-5-15(36(31,32)29-8-10-35-11-9-29)13-16(17)20-21(28)24-23(27-26-20)25-22(30)14-4-7-18(33-2)19(12-14)34-3/h4-7,12-13H,8-11H2,1-3H3,(H,24,25,27,30). The number of sulfonamides is 1. The molecule has 5 rings (SSSR count). The van der Waals surface area contributed by atoms with E-state index in [1.165, 1.54) is 18.5 Å². The molecule has 0 aliphatic carbocycles. The van der Waals surface area contributed by atoms with Crippen LogP contribution in [0.3, 0.4) is 0 Å². The molecule has 0 radical (unpaired) electrons. The van der Waals surface area contributed by atoms with E-state index in [2.05, 4.69) is 20.5 Å². The molecule has 0 unspecified atom stereocenters. The molecule has 0 atom stereocenters. The lowest BCUT2D eigenvalue weighted by atomic mass is 10.2. The number of hydrogen-bond donors (Lipinski definition) is 1. The Kier molecular flexibility index (Phi) is 6.20. The molecule has 0 spiro atoms. The van der Waals surface area contributed by atoms with Crippen molar-refractivity contribution in [1.29, 1.82) is 0 Å². The highest BCUT2D eigenvalue weighted by atomic mass is 32.2. The molecule has 0 bridgehead atoms. The normalized spacial score (nSPS) is 14.8. The molecule has 12 nitrogen and oxygen atoms in total. The molecule has 1 aliphatic heterocycles. The molecule has 36 heavy (non-hydrogen) atoms. The molecule has 2 aromatic carbocycles. The fourth-order valence-corrected chi connectivity index (χ4v) is 5.57. The van der Waals surface area contributed by atoms with Crippen LogP contribution in [0.1, 0.15) is 10.4 Å². The van der Waals surface area contributed by atoms with E-state index >= 15 is 0 Å². The number of aryl methyl sites for hydroxylation is 1. The number of amides is 1. The number of aromatic nitrogens is 4. The molecule has 3 heterocycles. The van der Waals surface area contributed by atoms with Gasteiger partial charge in [-0.3, -0.25) is 10.1 Å². The minimum absolute atomic E-state index is 0.00866. The van der Waals surface area contributed by atoms with Crippen molar-refractivity contribution in [3.05, 3.63) is 42.0 Å². The fraction of sp³-hybridized carbons (Fsp3) is 0.304. The Balaban J connectivity index is 1.48. The summed E-state index contributed by atoms with van der Waals surface area (Å²) in [5.41, 5.74) is 1.93. The van der Waals surface area contributed by atoms with Crippen LogP contribution >= 0.6 is 0 Å². The van der Waals surface area contributed by atoms with Crippen LogP contribution in [0.15, 0.2) is 41.3 Å². The zero-order valence-corrected chi connectivity index (χ0v) is 20.7. The number of carbonyl (C=O) groups is 1. The van der Waals surface area contributed by atoms with E-state index in [4.69, 9.17) is 14.2 Å². The van der Waals surface area contributed by atoms with E-state index < -0.39 is 15.9 Å². The second kappa shape index (κ2) is 9.33. The summed E-state index contributed by atoms with van der Waals surface area (Å²) in [6.07, 6.45) is 0. The van der Waals surface area contributed by atoms with E-state index in [0.29, 0.717) is 59.9 Å². The van der Waals surface area contributed by atoms with Crippen LogP contribution in [0.2, 0.25) is 0 Å². The first-order valence-electron chi connectivity index (χ1n) is 11.1. The molecule has 1 fully saturated rings.